The van der Waals surface area contributed by atoms with E-state index in [0.717, 1.165) is 11.8 Å². The highest BCUT2D eigenvalue weighted by atomic mass is 14.9. The monoisotopic (exact) mass is 212 g/mol. The van der Waals surface area contributed by atoms with E-state index in [9.17, 15) is 0 Å². The fourth-order valence-corrected chi connectivity index (χ4v) is 2.00. The van der Waals surface area contributed by atoms with E-state index in [1.807, 2.05) is 0 Å². The summed E-state index contributed by atoms with van der Waals surface area (Å²) in [5, 5.41) is 6.96. The molecule has 0 aromatic heterocycles. The Bertz CT molecular complexity index is 143. The van der Waals surface area contributed by atoms with Gasteiger partial charge in [0.1, 0.15) is 0 Å². The van der Waals surface area contributed by atoms with E-state index in [-0.39, 0.29) is 0 Å². The normalized spacial score (nSPS) is 18.0. The van der Waals surface area contributed by atoms with Crippen LogP contribution in [-0.4, -0.2) is 26.2 Å². The molecule has 0 radical (unpaired) electrons. The molecule has 1 unspecified atom stereocenters. The zero-order chi connectivity index (χ0) is 10.9. The van der Waals surface area contributed by atoms with Gasteiger partial charge in [-0.05, 0) is 70.1 Å². The molecule has 1 atom stereocenters. The zero-order valence-corrected chi connectivity index (χ0v) is 10.5. The Morgan fingerprint density at radius 2 is 1.73 bits per heavy atom. The van der Waals surface area contributed by atoms with Crippen LogP contribution in [0.5, 0.6) is 0 Å². The smallest absolute Gasteiger partial charge is 0.00368 e. The maximum Gasteiger partial charge on any atom is -0.00368 e. The van der Waals surface area contributed by atoms with Crippen molar-refractivity contribution in [1.29, 1.82) is 0 Å². The Hall–Kier alpha value is -0.0800. The molecule has 0 aliphatic heterocycles. The van der Waals surface area contributed by atoms with Gasteiger partial charge in [0.2, 0.25) is 0 Å². The first kappa shape index (κ1) is 13.0. The standard InChI is InChI=1S/C13H28N2/c1-3-8-14-9-4-10-15-11-7-12(2)13-5-6-13/h12-15H,3-11H2,1-2H3. The minimum Gasteiger partial charge on any atom is -0.317 e. The molecule has 1 rings (SSSR count). The summed E-state index contributed by atoms with van der Waals surface area (Å²) in [6.45, 7) is 9.34. The van der Waals surface area contributed by atoms with Crippen molar-refractivity contribution >= 4 is 0 Å². The van der Waals surface area contributed by atoms with Gasteiger partial charge in [-0.2, -0.15) is 0 Å². The summed E-state index contributed by atoms with van der Waals surface area (Å²) >= 11 is 0. The molecule has 2 heteroatoms. The Kier molecular flexibility index (Phi) is 7.03. The highest BCUT2D eigenvalue weighted by molar-refractivity contribution is 4.78. The molecule has 0 bridgehead atoms. The Balaban J connectivity index is 1.72. The number of hydrogen-bond acceptors (Lipinski definition) is 2. The summed E-state index contributed by atoms with van der Waals surface area (Å²) in [7, 11) is 0. The molecule has 15 heavy (non-hydrogen) atoms. The van der Waals surface area contributed by atoms with E-state index < -0.39 is 0 Å². The molecular formula is C13H28N2. The van der Waals surface area contributed by atoms with Crippen LogP contribution in [0.2, 0.25) is 0 Å². The quantitative estimate of drug-likeness (QED) is 0.543. The van der Waals surface area contributed by atoms with Crippen LogP contribution in [0, 0.1) is 11.8 Å². The predicted molar refractivity (Wildman–Crippen MR) is 67.2 cm³/mol. The molecule has 1 aliphatic rings. The molecule has 2 nitrogen and oxygen atoms in total. The van der Waals surface area contributed by atoms with E-state index in [1.165, 1.54) is 58.3 Å². The van der Waals surface area contributed by atoms with Gasteiger partial charge in [-0.1, -0.05) is 13.8 Å². The van der Waals surface area contributed by atoms with E-state index in [2.05, 4.69) is 24.5 Å². The topological polar surface area (TPSA) is 24.1 Å². The van der Waals surface area contributed by atoms with Crippen molar-refractivity contribution in [3.8, 4) is 0 Å². The van der Waals surface area contributed by atoms with Gasteiger partial charge in [-0.3, -0.25) is 0 Å². The minimum absolute atomic E-state index is 0.954. The average molecular weight is 212 g/mol. The molecular weight excluding hydrogens is 184 g/mol. The van der Waals surface area contributed by atoms with Crippen LogP contribution in [0.4, 0.5) is 0 Å². The van der Waals surface area contributed by atoms with Gasteiger partial charge in [0.15, 0.2) is 0 Å². The predicted octanol–water partition coefficient (Wildman–Crippen LogP) is 2.40. The minimum atomic E-state index is 0.954. The first-order chi connectivity index (χ1) is 7.34. The van der Waals surface area contributed by atoms with Gasteiger partial charge in [-0.15, -0.1) is 0 Å². The third kappa shape index (κ3) is 6.91. The fraction of sp³-hybridized carbons (Fsp3) is 1.00. The maximum absolute atomic E-state index is 3.54. The SMILES string of the molecule is CCCNCCCNCCC(C)C1CC1. The third-order valence-corrected chi connectivity index (χ3v) is 3.34. The van der Waals surface area contributed by atoms with Crippen LogP contribution in [0.15, 0.2) is 0 Å². The molecule has 1 fully saturated rings. The van der Waals surface area contributed by atoms with Crippen LogP contribution < -0.4 is 10.6 Å². The van der Waals surface area contributed by atoms with Crippen LogP contribution in [0.1, 0.15) is 46.0 Å². The molecule has 0 amide bonds. The summed E-state index contributed by atoms with van der Waals surface area (Å²) in [5.41, 5.74) is 0. The second-order valence-electron chi connectivity index (χ2n) is 4.96. The maximum atomic E-state index is 3.54. The lowest BCUT2D eigenvalue weighted by Gasteiger charge is -2.10. The number of rotatable bonds is 10. The van der Waals surface area contributed by atoms with Crippen molar-refractivity contribution in [3.63, 3.8) is 0 Å². The van der Waals surface area contributed by atoms with E-state index in [0.29, 0.717) is 0 Å². The van der Waals surface area contributed by atoms with Crippen LogP contribution in [-0.2, 0) is 0 Å². The van der Waals surface area contributed by atoms with Crippen molar-refractivity contribution in [1.82, 2.24) is 10.6 Å². The van der Waals surface area contributed by atoms with Gasteiger partial charge in [0, 0.05) is 0 Å². The molecule has 1 saturated carbocycles. The number of nitrogens with one attached hydrogen (secondary N) is 2. The van der Waals surface area contributed by atoms with Gasteiger partial charge >= 0.3 is 0 Å². The molecule has 0 spiro atoms. The second-order valence-corrected chi connectivity index (χ2v) is 4.96. The first-order valence-electron chi connectivity index (χ1n) is 6.76. The lowest BCUT2D eigenvalue weighted by molar-refractivity contribution is 0.448. The van der Waals surface area contributed by atoms with Crippen molar-refractivity contribution in [2.75, 3.05) is 26.2 Å². The van der Waals surface area contributed by atoms with Crippen molar-refractivity contribution < 1.29 is 0 Å². The Morgan fingerprint density at radius 3 is 2.33 bits per heavy atom. The molecule has 0 saturated heterocycles. The molecule has 0 aromatic rings. The lowest BCUT2D eigenvalue weighted by atomic mass is 10.0. The molecule has 0 aromatic carbocycles. The molecule has 90 valence electrons. The van der Waals surface area contributed by atoms with Crippen LogP contribution in [0.3, 0.4) is 0 Å². The lowest BCUT2D eigenvalue weighted by Crippen LogP contribution is -2.24. The van der Waals surface area contributed by atoms with Crippen molar-refractivity contribution in [3.05, 3.63) is 0 Å². The highest BCUT2D eigenvalue weighted by Gasteiger charge is 2.26. The molecule has 1 aliphatic carbocycles. The fourth-order valence-electron chi connectivity index (χ4n) is 2.00. The summed E-state index contributed by atoms with van der Waals surface area (Å²) < 4.78 is 0. The zero-order valence-electron chi connectivity index (χ0n) is 10.5. The summed E-state index contributed by atoms with van der Waals surface area (Å²) in [4.78, 5) is 0. The van der Waals surface area contributed by atoms with Gasteiger partial charge in [-0.25, -0.2) is 0 Å². The van der Waals surface area contributed by atoms with Gasteiger partial charge in [0.25, 0.3) is 0 Å². The summed E-state index contributed by atoms with van der Waals surface area (Å²) in [5.74, 6) is 2.02. The van der Waals surface area contributed by atoms with Gasteiger partial charge in [0.05, 0.1) is 0 Å². The second kappa shape index (κ2) is 8.12. The third-order valence-electron chi connectivity index (χ3n) is 3.34. The van der Waals surface area contributed by atoms with E-state index >= 15 is 0 Å². The Labute approximate surface area is 95.2 Å². The van der Waals surface area contributed by atoms with E-state index in [1.54, 1.807) is 0 Å². The van der Waals surface area contributed by atoms with Crippen molar-refractivity contribution in [2.24, 2.45) is 11.8 Å². The van der Waals surface area contributed by atoms with Gasteiger partial charge < -0.3 is 10.6 Å². The highest BCUT2D eigenvalue weighted by Crippen LogP contribution is 2.37. The summed E-state index contributed by atoms with van der Waals surface area (Å²) in [6, 6.07) is 0. The van der Waals surface area contributed by atoms with Crippen molar-refractivity contribution in [2.45, 2.75) is 46.0 Å². The largest absolute Gasteiger partial charge is 0.317 e. The Morgan fingerprint density at radius 1 is 1.07 bits per heavy atom. The molecule has 2 N–H and O–H groups in total. The molecule has 0 heterocycles. The summed E-state index contributed by atoms with van der Waals surface area (Å²) in [6.07, 6.45) is 6.85. The number of hydrogen-bond donors (Lipinski definition) is 2. The van der Waals surface area contributed by atoms with Crippen LogP contribution in [0.25, 0.3) is 0 Å². The van der Waals surface area contributed by atoms with E-state index in [4.69, 9.17) is 0 Å². The first-order valence-corrected chi connectivity index (χ1v) is 6.76. The van der Waals surface area contributed by atoms with Crippen LogP contribution >= 0.6 is 0 Å². The average Bonchev–Trinajstić information content (AvgIpc) is 3.05.